The van der Waals surface area contributed by atoms with Gasteiger partial charge in [0.25, 0.3) is 5.91 Å². The third kappa shape index (κ3) is 2.81. The van der Waals surface area contributed by atoms with E-state index in [1.807, 2.05) is 24.3 Å². The maximum absolute atomic E-state index is 12.3. The van der Waals surface area contributed by atoms with Gasteiger partial charge >= 0.3 is 0 Å². The molecule has 1 heterocycles. The van der Waals surface area contributed by atoms with Gasteiger partial charge in [-0.25, -0.2) is 0 Å². The lowest BCUT2D eigenvalue weighted by molar-refractivity contribution is 0.0925. The number of rotatable bonds is 2. The molecular weight excluding hydrogens is 290 g/mol. The minimum atomic E-state index is -0.224. The second-order valence-electron chi connectivity index (χ2n) is 4.87. The first kappa shape index (κ1) is 13.8. The molecule has 1 aliphatic rings. The quantitative estimate of drug-likeness (QED) is 0.895. The number of carbonyl (C=O) groups is 1. The van der Waals surface area contributed by atoms with Gasteiger partial charge in [-0.3, -0.25) is 4.79 Å². The number of nitrogens with one attached hydrogen (secondary N) is 1. The van der Waals surface area contributed by atoms with E-state index >= 15 is 0 Å². The van der Waals surface area contributed by atoms with E-state index in [1.165, 1.54) is 12.1 Å². The Hall–Kier alpha value is -2.20. The number of phenols is 1. The molecule has 0 fully saturated rings. The zero-order valence-electron chi connectivity index (χ0n) is 11.2. The summed E-state index contributed by atoms with van der Waals surface area (Å²) in [6, 6.07) is 12.0. The van der Waals surface area contributed by atoms with E-state index < -0.39 is 0 Å². The van der Waals surface area contributed by atoms with Gasteiger partial charge in [0.15, 0.2) is 0 Å². The monoisotopic (exact) mass is 303 g/mol. The molecule has 1 amide bonds. The van der Waals surface area contributed by atoms with Crippen molar-refractivity contribution in [2.75, 3.05) is 6.61 Å². The number of aromatic hydroxyl groups is 1. The lowest BCUT2D eigenvalue weighted by atomic mass is 10.00. The Balaban J connectivity index is 1.81. The van der Waals surface area contributed by atoms with Gasteiger partial charge in [-0.2, -0.15) is 0 Å². The Morgan fingerprint density at radius 1 is 1.29 bits per heavy atom. The Labute approximate surface area is 127 Å². The number of fused-ring (bicyclic) bond motifs is 1. The van der Waals surface area contributed by atoms with Crippen molar-refractivity contribution in [3.8, 4) is 11.5 Å². The van der Waals surface area contributed by atoms with E-state index in [1.54, 1.807) is 6.07 Å². The third-order valence-electron chi connectivity index (χ3n) is 3.47. The number of amides is 1. The van der Waals surface area contributed by atoms with Gasteiger partial charge in [0.2, 0.25) is 0 Å². The normalized spacial score (nSPS) is 16.7. The van der Waals surface area contributed by atoms with Crippen LogP contribution in [0.1, 0.15) is 28.4 Å². The first-order chi connectivity index (χ1) is 10.1. The van der Waals surface area contributed by atoms with Crippen LogP contribution in [0.2, 0.25) is 5.02 Å². The van der Waals surface area contributed by atoms with E-state index in [2.05, 4.69) is 5.32 Å². The summed E-state index contributed by atoms with van der Waals surface area (Å²) in [6.45, 7) is 0.568. The highest BCUT2D eigenvalue weighted by molar-refractivity contribution is 6.32. The average molecular weight is 304 g/mol. The summed E-state index contributed by atoms with van der Waals surface area (Å²) in [5.74, 6) is 0.543. The van der Waals surface area contributed by atoms with Gasteiger partial charge in [-0.1, -0.05) is 29.8 Å². The predicted molar refractivity (Wildman–Crippen MR) is 79.9 cm³/mol. The molecule has 1 atom stereocenters. The summed E-state index contributed by atoms with van der Waals surface area (Å²) in [5, 5.41) is 12.5. The van der Waals surface area contributed by atoms with Crippen molar-refractivity contribution in [1.29, 1.82) is 0 Å². The highest BCUT2D eigenvalue weighted by Gasteiger charge is 2.23. The van der Waals surface area contributed by atoms with Crippen LogP contribution in [0.15, 0.2) is 42.5 Å². The molecule has 0 bridgehead atoms. The maximum atomic E-state index is 12.3. The topological polar surface area (TPSA) is 58.6 Å². The smallest absolute Gasteiger partial charge is 0.251 e. The van der Waals surface area contributed by atoms with Crippen molar-refractivity contribution < 1.29 is 14.6 Å². The average Bonchev–Trinajstić information content (AvgIpc) is 2.50. The second kappa shape index (κ2) is 5.66. The zero-order chi connectivity index (χ0) is 14.8. The van der Waals surface area contributed by atoms with Gasteiger partial charge < -0.3 is 15.2 Å². The lowest BCUT2D eigenvalue weighted by Crippen LogP contribution is -2.32. The van der Waals surface area contributed by atoms with Crippen LogP contribution >= 0.6 is 11.6 Å². The Morgan fingerprint density at radius 2 is 2.10 bits per heavy atom. The van der Waals surface area contributed by atoms with Crippen molar-refractivity contribution in [1.82, 2.24) is 5.32 Å². The fourth-order valence-corrected chi connectivity index (χ4v) is 2.56. The molecule has 2 N–H and O–H groups in total. The lowest BCUT2D eigenvalue weighted by Gasteiger charge is -2.26. The molecule has 0 aliphatic carbocycles. The molecule has 0 spiro atoms. The van der Waals surface area contributed by atoms with Crippen LogP contribution in [-0.2, 0) is 0 Å². The molecule has 2 aromatic carbocycles. The van der Waals surface area contributed by atoms with Crippen LogP contribution in [0.4, 0.5) is 0 Å². The number of hydrogen-bond donors (Lipinski definition) is 2. The van der Waals surface area contributed by atoms with Crippen molar-refractivity contribution in [3.05, 3.63) is 58.6 Å². The van der Waals surface area contributed by atoms with Crippen molar-refractivity contribution in [2.24, 2.45) is 0 Å². The SMILES string of the molecule is O=C(NC1CCOc2ccccc21)c1ccc(O)c(Cl)c1. The Bertz CT molecular complexity index is 687. The van der Waals surface area contributed by atoms with Crippen LogP contribution < -0.4 is 10.1 Å². The molecule has 21 heavy (non-hydrogen) atoms. The number of ether oxygens (including phenoxy) is 1. The van der Waals surface area contributed by atoms with Gasteiger partial charge in [0.05, 0.1) is 17.7 Å². The van der Waals surface area contributed by atoms with Gasteiger partial charge in [0, 0.05) is 17.5 Å². The second-order valence-corrected chi connectivity index (χ2v) is 5.27. The largest absolute Gasteiger partial charge is 0.506 e. The van der Waals surface area contributed by atoms with E-state index in [0.29, 0.717) is 18.6 Å². The van der Waals surface area contributed by atoms with E-state index in [4.69, 9.17) is 16.3 Å². The van der Waals surface area contributed by atoms with E-state index in [9.17, 15) is 9.90 Å². The molecule has 0 saturated carbocycles. The first-order valence-electron chi connectivity index (χ1n) is 6.66. The van der Waals surface area contributed by atoms with Crippen LogP contribution in [0, 0.1) is 0 Å². The molecular formula is C16H14ClNO3. The number of halogens is 1. The number of para-hydroxylation sites is 1. The van der Waals surface area contributed by atoms with Gasteiger partial charge in [-0.05, 0) is 24.3 Å². The van der Waals surface area contributed by atoms with Crippen LogP contribution in [0.3, 0.4) is 0 Å². The van der Waals surface area contributed by atoms with Crippen LogP contribution in [0.5, 0.6) is 11.5 Å². The summed E-state index contributed by atoms with van der Waals surface area (Å²) in [4.78, 5) is 12.3. The van der Waals surface area contributed by atoms with E-state index in [-0.39, 0.29) is 22.7 Å². The maximum Gasteiger partial charge on any atom is 0.251 e. The van der Waals surface area contributed by atoms with Crippen molar-refractivity contribution >= 4 is 17.5 Å². The Morgan fingerprint density at radius 3 is 2.90 bits per heavy atom. The molecule has 108 valence electrons. The molecule has 2 aromatic rings. The fraction of sp³-hybridized carbons (Fsp3) is 0.188. The minimum absolute atomic E-state index is 0.0374. The predicted octanol–water partition coefficient (Wildman–Crippen LogP) is 3.30. The summed E-state index contributed by atoms with van der Waals surface area (Å²) in [6.07, 6.45) is 0.717. The molecule has 1 unspecified atom stereocenters. The summed E-state index contributed by atoms with van der Waals surface area (Å²) in [5.41, 5.74) is 1.39. The minimum Gasteiger partial charge on any atom is -0.506 e. The van der Waals surface area contributed by atoms with Crippen molar-refractivity contribution in [3.63, 3.8) is 0 Å². The number of phenolic OH excluding ortho intramolecular Hbond substituents is 1. The molecule has 0 saturated heterocycles. The summed E-state index contributed by atoms with van der Waals surface area (Å²) >= 11 is 5.83. The third-order valence-corrected chi connectivity index (χ3v) is 3.78. The number of carbonyl (C=O) groups excluding carboxylic acids is 1. The van der Waals surface area contributed by atoms with E-state index in [0.717, 1.165) is 11.3 Å². The summed E-state index contributed by atoms with van der Waals surface area (Å²) in [7, 11) is 0. The highest BCUT2D eigenvalue weighted by atomic mass is 35.5. The van der Waals surface area contributed by atoms with Gasteiger partial charge in [0.1, 0.15) is 11.5 Å². The molecule has 3 rings (SSSR count). The molecule has 1 aliphatic heterocycles. The molecule has 0 radical (unpaired) electrons. The molecule has 4 nitrogen and oxygen atoms in total. The zero-order valence-corrected chi connectivity index (χ0v) is 11.9. The Kier molecular flexibility index (Phi) is 3.71. The standard InChI is InChI=1S/C16H14ClNO3/c17-12-9-10(5-6-14(12)19)16(20)18-13-7-8-21-15-4-2-1-3-11(13)15/h1-6,9,13,19H,7-8H2,(H,18,20). The molecule has 0 aromatic heterocycles. The highest BCUT2D eigenvalue weighted by Crippen LogP contribution is 2.32. The van der Waals surface area contributed by atoms with Crippen molar-refractivity contribution in [2.45, 2.75) is 12.5 Å². The molecule has 5 heteroatoms. The van der Waals surface area contributed by atoms with Crippen LogP contribution in [-0.4, -0.2) is 17.6 Å². The fourth-order valence-electron chi connectivity index (χ4n) is 2.38. The first-order valence-corrected chi connectivity index (χ1v) is 7.04. The summed E-state index contributed by atoms with van der Waals surface area (Å²) < 4.78 is 5.57. The number of benzene rings is 2. The van der Waals surface area contributed by atoms with Gasteiger partial charge in [-0.15, -0.1) is 0 Å². The van der Waals surface area contributed by atoms with Crippen LogP contribution in [0.25, 0.3) is 0 Å². The number of hydrogen-bond acceptors (Lipinski definition) is 3.